The van der Waals surface area contributed by atoms with Gasteiger partial charge in [0.25, 0.3) is 0 Å². The smallest absolute Gasteiger partial charge is 0.0567 e. The zero-order valence-electron chi connectivity index (χ0n) is 16.8. The molecule has 0 bridgehead atoms. The van der Waals surface area contributed by atoms with E-state index >= 15 is 0 Å². The summed E-state index contributed by atoms with van der Waals surface area (Å²) in [7, 11) is 0. The Labute approximate surface area is 172 Å². The Balaban J connectivity index is 1.61. The van der Waals surface area contributed by atoms with Gasteiger partial charge in [-0.05, 0) is 95.0 Å². The Morgan fingerprint density at radius 2 is 1.74 bits per heavy atom. The molecule has 2 aliphatic heterocycles. The average Bonchev–Trinajstić information content (AvgIpc) is 2.95. The molecular weight excluding hydrogens is 372 g/mol. The Morgan fingerprint density at radius 1 is 1.00 bits per heavy atom. The number of benzene rings is 2. The van der Waals surface area contributed by atoms with Crippen LogP contribution in [0.4, 0.5) is 11.4 Å². The van der Waals surface area contributed by atoms with Gasteiger partial charge in [0, 0.05) is 33.4 Å². The molecule has 0 spiro atoms. The summed E-state index contributed by atoms with van der Waals surface area (Å²) in [6.07, 6.45) is 3.80. The molecule has 1 saturated heterocycles. The van der Waals surface area contributed by atoms with Crippen molar-refractivity contribution in [1.29, 1.82) is 0 Å². The summed E-state index contributed by atoms with van der Waals surface area (Å²) in [6.45, 7) is 12.6. The predicted molar refractivity (Wildman–Crippen MR) is 118 cm³/mol. The Kier molecular flexibility index (Phi) is 5.22. The van der Waals surface area contributed by atoms with E-state index in [1.807, 2.05) is 17.8 Å². The first-order valence-electron chi connectivity index (χ1n) is 9.96. The number of fused-ring (bicyclic) bond motifs is 2. The van der Waals surface area contributed by atoms with Crippen LogP contribution in [-0.2, 0) is 0 Å². The van der Waals surface area contributed by atoms with Gasteiger partial charge in [-0.2, -0.15) is 0 Å². The number of hydrogen-bond donors (Lipinski definition) is 0. The monoisotopic (exact) mass is 400 g/mol. The largest absolute Gasteiger partial charge is 0.340 e. The summed E-state index contributed by atoms with van der Waals surface area (Å²) in [6, 6.07) is 11.0. The highest BCUT2D eigenvalue weighted by atomic mass is 35.5. The number of hydrogen-bond acceptors (Lipinski definition) is 3. The highest BCUT2D eigenvalue weighted by Gasteiger charge is 2.31. The highest BCUT2D eigenvalue weighted by molar-refractivity contribution is 7.99. The fourth-order valence-corrected chi connectivity index (χ4v) is 5.66. The quantitative estimate of drug-likeness (QED) is 0.555. The molecule has 2 aliphatic rings. The average molecular weight is 401 g/mol. The molecule has 0 amide bonds. The van der Waals surface area contributed by atoms with Crippen molar-refractivity contribution in [3.8, 4) is 0 Å². The molecule has 0 atom stereocenters. The van der Waals surface area contributed by atoms with Crippen LogP contribution in [0.5, 0.6) is 0 Å². The maximum atomic E-state index is 6.36. The normalized spacial score (nSPS) is 18.5. The molecule has 27 heavy (non-hydrogen) atoms. The summed E-state index contributed by atoms with van der Waals surface area (Å²) in [5, 5.41) is 0.812. The van der Waals surface area contributed by atoms with Crippen LogP contribution < -0.4 is 4.90 Å². The standard InChI is InChI=1S/C23H29ClN2S/c1-16-13-19-22(14-17(16)2)27-21-8-7-18(24)15-20(21)26(19)12-6-11-25-10-5-9-23(25,3)4/h7-8,13-15H,5-6,9-12H2,1-4H3. The van der Waals surface area contributed by atoms with Crippen molar-refractivity contribution in [3.05, 3.63) is 46.5 Å². The van der Waals surface area contributed by atoms with E-state index in [0.29, 0.717) is 5.54 Å². The van der Waals surface area contributed by atoms with Crippen LogP contribution in [0.1, 0.15) is 44.2 Å². The van der Waals surface area contributed by atoms with E-state index in [9.17, 15) is 0 Å². The number of anilines is 2. The van der Waals surface area contributed by atoms with Crippen LogP contribution in [0.25, 0.3) is 0 Å². The van der Waals surface area contributed by atoms with Crippen molar-refractivity contribution in [2.75, 3.05) is 24.5 Å². The Bertz CT molecular complexity index is 862. The number of nitrogens with zero attached hydrogens (tertiary/aromatic N) is 2. The van der Waals surface area contributed by atoms with Gasteiger partial charge in [-0.15, -0.1) is 0 Å². The zero-order chi connectivity index (χ0) is 19.2. The van der Waals surface area contributed by atoms with E-state index in [1.54, 1.807) is 0 Å². The molecule has 144 valence electrons. The van der Waals surface area contributed by atoms with Gasteiger partial charge in [-0.1, -0.05) is 23.4 Å². The SMILES string of the molecule is Cc1cc2c(cc1C)N(CCCN1CCCC1(C)C)c1cc(Cl)ccc1S2. The van der Waals surface area contributed by atoms with Crippen molar-refractivity contribution in [3.63, 3.8) is 0 Å². The molecule has 4 heteroatoms. The Hall–Kier alpha value is -1.16. The van der Waals surface area contributed by atoms with Crippen molar-refractivity contribution in [1.82, 2.24) is 4.90 Å². The van der Waals surface area contributed by atoms with Crippen LogP contribution in [0.3, 0.4) is 0 Å². The molecular formula is C23H29ClN2S. The lowest BCUT2D eigenvalue weighted by Gasteiger charge is -2.35. The van der Waals surface area contributed by atoms with Crippen LogP contribution in [-0.4, -0.2) is 30.1 Å². The molecule has 0 N–H and O–H groups in total. The summed E-state index contributed by atoms with van der Waals surface area (Å²) in [4.78, 5) is 7.81. The van der Waals surface area contributed by atoms with E-state index in [-0.39, 0.29) is 0 Å². The third-order valence-corrected chi connectivity index (χ3v) is 7.53. The van der Waals surface area contributed by atoms with Crippen LogP contribution in [0, 0.1) is 13.8 Å². The van der Waals surface area contributed by atoms with Gasteiger partial charge in [0.15, 0.2) is 0 Å². The van der Waals surface area contributed by atoms with E-state index < -0.39 is 0 Å². The van der Waals surface area contributed by atoms with E-state index in [4.69, 9.17) is 11.6 Å². The summed E-state index contributed by atoms with van der Waals surface area (Å²) in [5.41, 5.74) is 5.65. The fraction of sp³-hybridized carbons (Fsp3) is 0.478. The molecule has 2 aromatic carbocycles. The van der Waals surface area contributed by atoms with Gasteiger partial charge in [0.2, 0.25) is 0 Å². The molecule has 2 aromatic rings. The Morgan fingerprint density at radius 3 is 2.48 bits per heavy atom. The number of likely N-dealkylation sites (tertiary alicyclic amines) is 1. The minimum absolute atomic E-state index is 0.352. The van der Waals surface area contributed by atoms with Crippen LogP contribution in [0.2, 0.25) is 5.02 Å². The molecule has 1 fully saturated rings. The van der Waals surface area contributed by atoms with E-state index in [2.05, 4.69) is 61.8 Å². The van der Waals surface area contributed by atoms with Crippen molar-refractivity contribution >= 4 is 34.7 Å². The molecule has 2 heterocycles. The number of aryl methyl sites for hydroxylation is 2. The molecule has 0 aromatic heterocycles. The minimum Gasteiger partial charge on any atom is -0.340 e. The molecule has 0 radical (unpaired) electrons. The van der Waals surface area contributed by atoms with E-state index in [1.165, 1.54) is 51.7 Å². The lowest BCUT2D eigenvalue weighted by Crippen LogP contribution is -2.39. The van der Waals surface area contributed by atoms with Gasteiger partial charge < -0.3 is 4.90 Å². The molecule has 0 saturated carbocycles. The lowest BCUT2D eigenvalue weighted by molar-refractivity contribution is 0.174. The fourth-order valence-electron chi connectivity index (χ4n) is 4.34. The molecule has 2 nitrogen and oxygen atoms in total. The summed E-state index contributed by atoms with van der Waals surface area (Å²) >= 11 is 8.22. The maximum Gasteiger partial charge on any atom is 0.0567 e. The van der Waals surface area contributed by atoms with Gasteiger partial charge in [-0.25, -0.2) is 0 Å². The molecule has 4 rings (SSSR count). The van der Waals surface area contributed by atoms with Crippen molar-refractivity contribution in [2.45, 2.75) is 62.3 Å². The van der Waals surface area contributed by atoms with Crippen LogP contribution >= 0.6 is 23.4 Å². The number of halogens is 1. The third kappa shape index (κ3) is 3.74. The molecule has 0 unspecified atom stereocenters. The summed E-state index contributed by atoms with van der Waals surface area (Å²) in [5.74, 6) is 0. The third-order valence-electron chi connectivity index (χ3n) is 6.18. The minimum atomic E-state index is 0.352. The maximum absolute atomic E-state index is 6.36. The zero-order valence-corrected chi connectivity index (χ0v) is 18.4. The van der Waals surface area contributed by atoms with Crippen molar-refractivity contribution < 1.29 is 0 Å². The van der Waals surface area contributed by atoms with Gasteiger partial charge in [-0.3, -0.25) is 4.90 Å². The number of rotatable bonds is 4. The van der Waals surface area contributed by atoms with Crippen LogP contribution in [0.15, 0.2) is 40.1 Å². The lowest BCUT2D eigenvalue weighted by atomic mass is 10.0. The predicted octanol–water partition coefficient (Wildman–Crippen LogP) is 6.82. The second-order valence-electron chi connectivity index (χ2n) is 8.53. The topological polar surface area (TPSA) is 6.48 Å². The highest BCUT2D eigenvalue weighted by Crippen LogP contribution is 2.49. The van der Waals surface area contributed by atoms with Gasteiger partial charge >= 0.3 is 0 Å². The van der Waals surface area contributed by atoms with Gasteiger partial charge in [0.05, 0.1) is 11.4 Å². The first kappa shape index (κ1) is 19.2. The van der Waals surface area contributed by atoms with E-state index in [0.717, 1.165) is 24.5 Å². The first-order chi connectivity index (χ1) is 12.8. The summed E-state index contributed by atoms with van der Waals surface area (Å²) < 4.78 is 0. The first-order valence-corrected chi connectivity index (χ1v) is 11.2. The van der Waals surface area contributed by atoms with Crippen molar-refractivity contribution in [2.24, 2.45) is 0 Å². The second kappa shape index (κ2) is 7.35. The molecule has 0 aliphatic carbocycles. The second-order valence-corrected chi connectivity index (χ2v) is 10.0. The van der Waals surface area contributed by atoms with Gasteiger partial charge in [0.1, 0.15) is 0 Å².